The number of hydrogen-bond acceptors (Lipinski definition) is 6. The van der Waals surface area contributed by atoms with Crippen LogP contribution >= 0.6 is 0 Å². The zero-order valence-electron chi connectivity index (χ0n) is 13.2. The molecule has 4 rings (SSSR count). The van der Waals surface area contributed by atoms with E-state index in [1.165, 1.54) is 0 Å². The highest BCUT2D eigenvalue weighted by Crippen LogP contribution is 2.30. The molecule has 0 radical (unpaired) electrons. The molecular formula is C15H21N5O3. The Hall–Kier alpha value is -1.90. The Bertz CT molecular complexity index is 619. The molecule has 3 amide bonds. The second kappa shape index (κ2) is 5.33. The van der Waals surface area contributed by atoms with E-state index in [2.05, 4.69) is 27.4 Å². The summed E-state index contributed by atoms with van der Waals surface area (Å²) >= 11 is 0. The summed E-state index contributed by atoms with van der Waals surface area (Å²) < 4.78 is 5.47. The van der Waals surface area contributed by atoms with Gasteiger partial charge in [0.2, 0.25) is 5.91 Å². The summed E-state index contributed by atoms with van der Waals surface area (Å²) in [5.41, 5.74) is 0. The van der Waals surface area contributed by atoms with Crippen molar-refractivity contribution in [3.05, 3.63) is 24.2 Å². The fourth-order valence-corrected chi connectivity index (χ4v) is 3.88. The first-order chi connectivity index (χ1) is 11.0. The molecule has 0 aromatic carbocycles. The van der Waals surface area contributed by atoms with E-state index in [1.807, 2.05) is 12.1 Å². The Morgan fingerprint density at radius 3 is 2.91 bits per heavy atom. The van der Waals surface area contributed by atoms with Crippen molar-refractivity contribution in [3.8, 4) is 0 Å². The van der Waals surface area contributed by atoms with Gasteiger partial charge in [0, 0.05) is 20.1 Å². The van der Waals surface area contributed by atoms with Gasteiger partial charge in [-0.25, -0.2) is 4.79 Å². The van der Waals surface area contributed by atoms with Crippen molar-refractivity contribution < 1.29 is 14.0 Å². The third-order valence-electron chi connectivity index (χ3n) is 4.88. The zero-order valence-corrected chi connectivity index (χ0v) is 13.2. The molecule has 0 spiro atoms. The molecule has 0 bridgehead atoms. The number of hydrogen-bond donors (Lipinski definition) is 2. The fourth-order valence-electron chi connectivity index (χ4n) is 3.88. The monoisotopic (exact) mass is 319 g/mol. The summed E-state index contributed by atoms with van der Waals surface area (Å²) in [6.45, 7) is 4.58. The molecule has 8 heteroatoms. The summed E-state index contributed by atoms with van der Waals surface area (Å²) in [4.78, 5) is 30.2. The molecule has 3 fully saturated rings. The molecule has 4 unspecified atom stereocenters. The van der Waals surface area contributed by atoms with E-state index < -0.39 is 0 Å². The van der Waals surface area contributed by atoms with Gasteiger partial charge < -0.3 is 9.32 Å². The quantitative estimate of drug-likeness (QED) is 0.785. The number of carbonyl (C=O) groups excluding carboxylic acids is 2. The first kappa shape index (κ1) is 14.7. The molecule has 2 N–H and O–H groups in total. The highest BCUT2D eigenvalue weighted by atomic mass is 16.3. The van der Waals surface area contributed by atoms with Crippen molar-refractivity contribution >= 4 is 11.9 Å². The summed E-state index contributed by atoms with van der Waals surface area (Å²) in [5, 5.41) is 5.88. The molecule has 8 nitrogen and oxygen atoms in total. The van der Waals surface area contributed by atoms with Gasteiger partial charge >= 0.3 is 6.03 Å². The van der Waals surface area contributed by atoms with E-state index in [-0.39, 0.29) is 30.4 Å². The minimum atomic E-state index is -0.357. The lowest BCUT2D eigenvalue weighted by Gasteiger charge is -2.43. The number of nitrogens with one attached hydrogen (secondary N) is 2. The van der Waals surface area contributed by atoms with Crippen LogP contribution in [0, 0.1) is 5.92 Å². The van der Waals surface area contributed by atoms with Crippen LogP contribution in [0.3, 0.4) is 0 Å². The first-order valence-electron chi connectivity index (χ1n) is 7.90. The third kappa shape index (κ3) is 2.34. The van der Waals surface area contributed by atoms with Crippen molar-refractivity contribution in [2.45, 2.75) is 32.0 Å². The lowest BCUT2D eigenvalue weighted by Crippen LogP contribution is -2.65. The van der Waals surface area contributed by atoms with Crippen LogP contribution in [0.5, 0.6) is 0 Å². The number of rotatable bonds is 2. The molecular weight excluding hydrogens is 298 g/mol. The summed E-state index contributed by atoms with van der Waals surface area (Å²) in [6.07, 6.45) is 1.29. The molecule has 4 atom stereocenters. The summed E-state index contributed by atoms with van der Waals surface area (Å²) in [5.74, 6) is 1.10. The third-order valence-corrected chi connectivity index (χ3v) is 4.88. The molecule has 23 heavy (non-hydrogen) atoms. The van der Waals surface area contributed by atoms with Gasteiger partial charge in [-0.1, -0.05) is 6.92 Å². The predicted octanol–water partition coefficient (Wildman–Crippen LogP) is -0.204. The zero-order chi connectivity index (χ0) is 16.1. The molecule has 3 saturated heterocycles. The highest BCUT2D eigenvalue weighted by molar-refractivity contribution is 6.00. The number of likely N-dealkylation sites (N-methyl/N-ethyl adjacent to an activating group) is 1. The smallest absolute Gasteiger partial charge is 0.325 e. The van der Waals surface area contributed by atoms with Gasteiger partial charge in [0.25, 0.3) is 0 Å². The summed E-state index contributed by atoms with van der Waals surface area (Å²) in [7, 11) is 1.71. The number of nitrogens with zero attached hydrogens (tertiary/aromatic N) is 3. The van der Waals surface area contributed by atoms with E-state index in [1.54, 1.807) is 18.2 Å². The number of furan rings is 1. The van der Waals surface area contributed by atoms with Crippen molar-refractivity contribution in [2.24, 2.45) is 5.92 Å². The normalized spacial score (nSPS) is 35.1. The second-order valence-corrected chi connectivity index (χ2v) is 6.65. The van der Waals surface area contributed by atoms with Gasteiger partial charge in [0.1, 0.15) is 24.3 Å². The number of fused-ring (bicyclic) bond motifs is 3. The van der Waals surface area contributed by atoms with E-state index in [0.717, 1.165) is 18.8 Å². The number of urea groups is 1. The SMILES string of the molecule is CC1CN(Cc2ccco2)C2NC3C(C(=O)NC(=O)N3C)N2C1. The molecule has 4 heterocycles. The van der Waals surface area contributed by atoms with Crippen LogP contribution < -0.4 is 10.6 Å². The van der Waals surface area contributed by atoms with Crippen molar-refractivity contribution in [2.75, 3.05) is 20.1 Å². The van der Waals surface area contributed by atoms with Gasteiger partial charge in [-0.2, -0.15) is 0 Å². The Kier molecular flexibility index (Phi) is 3.40. The molecule has 1 aromatic rings. The topological polar surface area (TPSA) is 81.1 Å². The van der Waals surface area contributed by atoms with Crippen LogP contribution in [0.4, 0.5) is 4.79 Å². The molecule has 0 saturated carbocycles. The number of amides is 3. The van der Waals surface area contributed by atoms with E-state index in [0.29, 0.717) is 12.5 Å². The van der Waals surface area contributed by atoms with Crippen LogP contribution in [0.1, 0.15) is 12.7 Å². The van der Waals surface area contributed by atoms with Gasteiger partial charge in [-0.3, -0.25) is 25.2 Å². The van der Waals surface area contributed by atoms with Gasteiger partial charge in [-0.05, 0) is 18.1 Å². The Morgan fingerprint density at radius 1 is 1.35 bits per heavy atom. The molecule has 3 aliphatic rings. The average Bonchev–Trinajstić information content (AvgIpc) is 3.12. The standard InChI is InChI=1S/C15H21N5O3/c1-9-6-19(8-10-4-3-5-23-10)14-16-12-11(20(14)7-9)13(21)17-15(22)18(12)2/h3-5,9,11-12,14,16H,6-8H2,1-2H3,(H,17,21,22). The Labute approximate surface area is 134 Å². The van der Waals surface area contributed by atoms with Crippen molar-refractivity contribution in [1.82, 2.24) is 25.3 Å². The van der Waals surface area contributed by atoms with Gasteiger partial charge in [0.15, 0.2) is 0 Å². The lowest BCUT2D eigenvalue weighted by molar-refractivity contribution is -0.130. The lowest BCUT2D eigenvalue weighted by atomic mass is 10.1. The Balaban J connectivity index is 1.61. The maximum atomic E-state index is 12.3. The van der Waals surface area contributed by atoms with Crippen LogP contribution in [-0.4, -0.2) is 65.3 Å². The maximum Gasteiger partial charge on any atom is 0.325 e. The van der Waals surface area contributed by atoms with Crippen LogP contribution in [-0.2, 0) is 11.3 Å². The maximum absolute atomic E-state index is 12.3. The van der Waals surface area contributed by atoms with E-state index >= 15 is 0 Å². The van der Waals surface area contributed by atoms with E-state index in [9.17, 15) is 9.59 Å². The fraction of sp³-hybridized carbons (Fsp3) is 0.600. The van der Waals surface area contributed by atoms with E-state index in [4.69, 9.17) is 4.42 Å². The van der Waals surface area contributed by atoms with Gasteiger partial charge in [-0.15, -0.1) is 0 Å². The van der Waals surface area contributed by atoms with Crippen molar-refractivity contribution in [3.63, 3.8) is 0 Å². The van der Waals surface area contributed by atoms with Crippen LogP contribution in [0.25, 0.3) is 0 Å². The number of carbonyl (C=O) groups is 2. The second-order valence-electron chi connectivity index (χ2n) is 6.65. The van der Waals surface area contributed by atoms with Crippen LogP contribution in [0.2, 0.25) is 0 Å². The van der Waals surface area contributed by atoms with Gasteiger partial charge in [0.05, 0.1) is 12.8 Å². The molecule has 124 valence electrons. The minimum Gasteiger partial charge on any atom is -0.468 e. The predicted molar refractivity (Wildman–Crippen MR) is 80.8 cm³/mol. The largest absolute Gasteiger partial charge is 0.468 e. The average molecular weight is 319 g/mol. The molecule has 1 aromatic heterocycles. The molecule has 3 aliphatic heterocycles. The highest BCUT2D eigenvalue weighted by Gasteiger charge is 2.54. The minimum absolute atomic E-state index is 0.0783. The molecule has 0 aliphatic carbocycles. The van der Waals surface area contributed by atoms with Crippen LogP contribution in [0.15, 0.2) is 22.8 Å². The summed E-state index contributed by atoms with van der Waals surface area (Å²) in [6, 6.07) is 3.12. The van der Waals surface area contributed by atoms with Crippen molar-refractivity contribution in [1.29, 1.82) is 0 Å². The first-order valence-corrected chi connectivity index (χ1v) is 7.90. The Morgan fingerprint density at radius 2 is 2.17 bits per heavy atom. The number of imide groups is 1.